The predicted molar refractivity (Wildman–Crippen MR) is 163 cm³/mol. The minimum Gasteiger partial charge on any atom is -0.463 e. The van der Waals surface area contributed by atoms with Gasteiger partial charge in [0.05, 0.1) is 12.0 Å². The third-order valence-corrected chi connectivity index (χ3v) is 11.1. The highest BCUT2D eigenvalue weighted by Gasteiger charge is 2.55. The van der Waals surface area contributed by atoms with Crippen LogP contribution in [-0.2, 0) is 4.74 Å². The minimum atomic E-state index is -0.369. The second-order valence-corrected chi connectivity index (χ2v) is 13.0. The molecule has 3 saturated carbocycles. The van der Waals surface area contributed by atoms with E-state index in [1.807, 2.05) is 0 Å². The van der Waals surface area contributed by atoms with Crippen LogP contribution in [0.4, 0.5) is 0 Å². The van der Waals surface area contributed by atoms with E-state index >= 15 is 0 Å². The molecule has 3 fully saturated rings. The molecule has 4 aromatic carbocycles. The molecule has 4 aliphatic carbocycles. The van der Waals surface area contributed by atoms with Crippen molar-refractivity contribution in [3.63, 3.8) is 0 Å². The van der Waals surface area contributed by atoms with Gasteiger partial charge in [-0.15, -0.1) is 0 Å². The molecule has 8 rings (SSSR count). The van der Waals surface area contributed by atoms with E-state index in [9.17, 15) is 0 Å². The van der Waals surface area contributed by atoms with Crippen LogP contribution in [0.1, 0.15) is 80.9 Å². The molecule has 4 aliphatic rings. The van der Waals surface area contributed by atoms with Gasteiger partial charge in [0.2, 0.25) is 6.29 Å². The van der Waals surface area contributed by atoms with E-state index in [0.29, 0.717) is 17.9 Å². The summed E-state index contributed by atoms with van der Waals surface area (Å²) in [6.07, 6.45) is 7.86. The fraction of sp³-hybridized carbons (Fsp3) is 0.421. The Morgan fingerprint density at radius 1 is 0.725 bits per heavy atom. The summed E-state index contributed by atoms with van der Waals surface area (Å²) in [5, 5.41) is 2.49. The number of rotatable bonds is 7. The fourth-order valence-corrected chi connectivity index (χ4v) is 9.17. The highest BCUT2D eigenvalue weighted by molar-refractivity contribution is 5.91. The first-order valence-corrected chi connectivity index (χ1v) is 15.7. The molecule has 0 amide bonds. The van der Waals surface area contributed by atoms with Crippen molar-refractivity contribution in [2.24, 2.45) is 23.7 Å². The van der Waals surface area contributed by atoms with Gasteiger partial charge in [0, 0.05) is 5.39 Å². The predicted octanol–water partition coefficient (Wildman–Crippen LogP) is 9.71. The van der Waals surface area contributed by atoms with Crippen molar-refractivity contribution < 1.29 is 9.47 Å². The fourth-order valence-electron chi connectivity index (χ4n) is 9.17. The zero-order chi connectivity index (χ0) is 26.8. The van der Waals surface area contributed by atoms with E-state index in [1.54, 1.807) is 0 Å². The number of benzene rings is 4. The highest BCUT2D eigenvalue weighted by atomic mass is 16.7. The Labute approximate surface area is 238 Å². The lowest BCUT2D eigenvalue weighted by atomic mass is 9.80. The largest absolute Gasteiger partial charge is 0.463 e. The second-order valence-electron chi connectivity index (χ2n) is 13.0. The number of fused-ring (bicyclic) bond motifs is 9. The maximum atomic E-state index is 7.28. The first-order valence-electron chi connectivity index (χ1n) is 15.7. The van der Waals surface area contributed by atoms with Crippen molar-refractivity contribution in [1.82, 2.24) is 0 Å². The van der Waals surface area contributed by atoms with E-state index < -0.39 is 0 Å². The van der Waals surface area contributed by atoms with E-state index in [-0.39, 0.29) is 12.2 Å². The summed E-state index contributed by atoms with van der Waals surface area (Å²) in [5.74, 6) is 4.86. The second kappa shape index (κ2) is 9.77. The molecule has 7 unspecified atom stereocenters. The highest BCUT2D eigenvalue weighted by Crippen LogP contribution is 2.60. The summed E-state index contributed by atoms with van der Waals surface area (Å²) >= 11 is 0. The molecule has 0 aliphatic heterocycles. The van der Waals surface area contributed by atoms with Crippen LogP contribution in [0.2, 0.25) is 0 Å². The summed E-state index contributed by atoms with van der Waals surface area (Å²) in [6, 6.07) is 31.1. The van der Waals surface area contributed by atoms with Gasteiger partial charge in [-0.25, -0.2) is 0 Å². The summed E-state index contributed by atoms with van der Waals surface area (Å²) in [7, 11) is 0. The van der Waals surface area contributed by atoms with Gasteiger partial charge < -0.3 is 9.47 Å². The monoisotopic (exact) mass is 528 g/mol. The van der Waals surface area contributed by atoms with Crippen molar-refractivity contribution in [2.45, 2.75) is 76.6 Å². The molecule has 204 valence electrons. The van der Waals surface area contributed by atoms with Crippen molar-refractivity contribution in [3.05, 3.63) is 102 Å². The molecule has 2 heteroatoms. The Kier molecular flexibility index (Phi) is 6.03. The SMILES string of the molecule is CCC(C)c1ccc(OC(OC2CC3CC2C2CCCC32)C2c3ccccc3-c3ccccc32)c2ccccc12. The maximum absolute atomic E-state index is 7.28. The third-order valence-electron chi connectivity index (χ3n) is 11.1. The average Bonchev–Trinajstić information content (AvgIpc) is 3.77. The number of hydrogen-bond acceptors (Lipinski definition) is 2. The van der Waals surface area contributed by atoms with Crippen LogP contribution >= 0.6 is 0 Å². The van der Waals surface area contributed by atoms with Crippen LogP contribution in [0.3, 0.4) is 0 Å². The van der Waals surface area contributed by atoms with Crippen LogP contribution in [0.15, 0.2) is 84.9 Å². The van der Waals surface area contributed by atoms with Gasteiger partial charge in [-0.3, -0.25) is 0 Å². The van der Waals surface area contributed by atoms with Gasteiger partial charge in [0.15, 0.2) is 0 Å². The summed E-state index contributed by atoms with van der Waals surface area (Å²) in [6.45, 7) is 4.60. The molecule has 4 aromatic rings. The quantitative estimate of drug-likeness (QED) is 0.222. The summed E-state index contributed by atoms with van der Waals surface area (Å²) in [5.41, 5.74) is 6.70. The van der Waals surface area contributed by atoms with Crippen molar-refractivity contribution in [1.29, 1.82) is 0 Å². The zero-order valence-corrected chi connectivity index (χ0v) is 23.8. The molecular formula is C38H40O2. The molecule has 0 spiro atoms. The topological polar surface area (TPSA) is 18.5 Å². The molecule has 0 saturated heterocycles. The molecule has 7 atom stereocenters. The van der Waals surface area contributed by atoms with Gasteiger partial charge in [0.1, 0.15) is 5.75 Å². The van der Waals surface area contributed by atoms with Gasteiger partial charge in [-0.2, -0.15) is 0 Å². The minimum absolute atomic E-state index is 0.0545. The van der Waals surface area contributed by atoms with Crippen LogP contribution in [-0.4, -0.2) is 12.4 Å². The van der Waals surface area contributed by atoms with Crippen molar-refractivity contribution in [2.75, 3.05) is 0 Å². The maximum Gasteiger partial charge on any atom is 0.211 e. The lowest BCUT2D eigenvalue weighted by Crippen LogP contribution is -2.38. The average molecular weight is 529 g/mol. The lowest BCUT2D eigenvalue weighted by Gasteiger charge is -2.36. The van der Waals surface area contributed by atoms with E-state index in [4.69, 9.17) is 9.47 Å². The van der Waals surface area contributed by atoms with Crippen LogP contribution in [0.5, 0.6) is 5.75 Å². The first-order chi connectivity index (χ1) is 19.7. The van der Waals surface area contributed by atoms with Gasteiger partial charge in [0.25, 0.3) is 0 Å². The van der Waals surface area contributed by atoms with Crippen molar-refractivity contribution in [3.8, 4) is 16.9 Å². The normalized spacial score (nSPS) is 27.9. The third kappa shape index (κ3) is 3.79. The van der Waals surface area contributed by atoms with Gasteiger partial charge in [-0.05, 0) is 101 Å². The molecular weight excluding hydrogens is 488 g/mol. The Balaban J connectivity index is 1.21. The smallest absolute Gasteiger partial charge is 0.211 e. The Bertz CT molecular complexity index is 1510. The molecule has 0 N–H and O–H groups in total. The van der Waals surface area contributed by atoms with Gasteiger partial charge in [-0.1, -0.05) is 99.1 Å². The molecule has 2 nitrogen and oxygen atoms in total. The lowest BCUT2D eigenvalue weighted by molar-refractivity contribution is -0.148. The van der Waals surface area contributed by atoms with E-state index in [0.717, 1.165) is 29.9 Å². The Hall–Kier alpha value is -3.10. The van der Waals surface area contributed by atoms with E-state index in [2.05, 4.69) is 98.8 Å². The summed E-state index contributed by atoms with van der Waals surface area (Å²) in [4.78, 5) is 0. The summed E-state index contributed by atoms with van der Waals surface area (Å²) < 4.78 is 14.4. The zero-order valence-electron chi connectivity index (χ0n) is 23.8. The Morgan fingerprint density at radius 3 is 2.15 bits per heavy atom. The molecule has 0 heterocycles. The van der Waals surface area contributed by atoms with Crippen LogP contribution in [0, 0.1) is 23.7 Å². The van der Waals surface area contributed by atoms with Crippen LogP contribution in [0.25, 0.3) is 21.9 Å². The van der Waals surface area contributed by atoms with Crippen molar-refractivity contribution >= 4 is 10.8 Å². The standard InChI is InChI=1S/C38H40O2/c1-3-23(2)25-19-20-35(31-14-7-4-11-27(25)31)39-38(40-36-22-24-21-34(36)28-18-10-17-26(24)28)37-32-15-8-5-12-29(32)30-13-6-9-16-33(30)37/h4-9,11-16,19-20,23-24,26,28,34,36-38H,3,10,17-18,21-22H2,1-2H3. The molecule has 40 heavy (non-hydrogen) atoms. The molecule has 0 radical (unpaired) electrons. The first kappa shape index (κ1) is 24.7. The molecule has 2 bridgehead atoms. The molecule has 0 aromatic heterocycles. The number of hydrogen-bond donors (Lipinski definition) is 0. The van der Waals surface area contributed by atoms with Crippen LogP contribution < -0.4 is 4.74 Å². The Morgan fingerprint density at radius 2 is 1.40 bits per heavy atom. The van der Waals surface area contributed by atoms with Gasteiger partial charge >= 0.3 is 0 Å². The number of ether oxygens (including phenoxy) is 2. The van der Waals surface area contributed by atoms with E-state index in [1.165, 1.54) is 70.7 Å².